The van der Waals surface area contributed by atoms with E-state index in [2.05, 4.69) is 10.1 Å². The molecule has 1 aliphatic heterocycles. The first-order valence-electron chi connectivity index (χ1n) is 7.51. The number of hydrogen-bond donors (Lipinski definition) is 2. The van der Waals surface area contributed by atoms with Crippen LogP contribution in [0.3, 0.4) is 0 Å². The third-order valence-corrected chi connectivity index (χ3v) is 3.50. The minimum absolute atomic E-state index is 0.0301. The topological polar surface area (TPSA) is 64.3 Å². The Morgan fingerprint density at radius 1 is 1.43 bits per heavy atom. The van der Waals surface area contributed by atoms with Crippen LogP contribution in [0, 0.1) is 0 Å². The van der Waals surface area contributed by atoms with Crippen molar-refractivity contribution in [1.82, 2.24) is 0 Å². The maximum atomic E-state index is 12.6. The molecular weight excluding hydrogens is 309 g/mol. The van der Waals surface area contributed by atoms with Gasteiger partial charge in [0.05, 0.1) is 11.7 Å². The van der Waals surface area contributed by atoms with Crippen molar-refractivity contribution < 1.29 is 22.7 Å². The summed E-state index contributed by atoms with van der Waals surface area (Å²) in [7, 11) is 0. The average molecular weight is 332 g/mol. The Hall–Kier alpha value is -1.76. The summed E-state index contributed by atoms with van der Waals surface area (Å²) in [6.45, 7) is 6.08. The number of anilines is 1. The van der Waals surface area contributed by atoms with E-state index in [4.69, 9.17) is 5.73 Å². The van der Waals surface area contributed by atoms with Crippen molar-refractivity contribution in [2.24, 2.45) is 5.73 Å². The summed E-state index contributed by atoms with van der Waals surface area (Å²) in [6, 6.07) is 3.64. The van der Waals surface area contributed by atoms with E-state index in [0.717, 1.165) is 24.2 Å². The number of fused-ring (bicyclic) bond motifs is 1. The molecule has 1 aliphatic rings. The monoisotopic (exact) mass is 332 g/mol. The highest BCUT2D eigenvalue weighted by atomic mass is 19.4. The van der Waals surface area contributed by atoms with Crippen molar-refractivity contribution in [2.75, 3.05) is 5.32 Å². The number of carbonyl (C=O) groups is 1. The quantitative estimate of drug-likeness (QED) is 0.825. The van der Waals surface area contributed by atoms with Gasteiger partial charge in [-0.25, -0.2) is 0 Å². The number of ether oxygens (including phenoxy) is 1. The highest BCUT2D eigenvalue weighted by Crippen LogP contribution is 2.37. The van der Waals surface area contributed by atoms with E-state index in [1.165, 1.54) is 6.07 Å². The molecule has 2 unspecified atom stereocenters. The summed E-state index contributed by atoms with van der Waals surface area (Å²) in [6.07, 6.45) is -2.70. The minimum atomic E-state index is -4.31. The first kappa shape index (κ1) is 19.3. The van der Waals surface area contributed by atoms with Gasteiger partial charge in [-0.1, -0.05) is 6.92 Å². The lowest BCUT2D eigenvalue weighted by Crippen LogP contribution is -2.31. The molecule has 0 spiro atoms. The lowest BCUT2D eigenvalue weighted by molar-refractivity contribution is -0.137. The van der Waals surface area contributed by atoms with Crippen LogP contribution < -0.4 is 11.1 Å². The summed E-state index contributed by atoms with van der Waals surface area (Å²) >= 11 is 0. The SMILES string of the molecule is CC(C)OC=O.CCC1CC(N)c2cc(C(F)(F)F)ccc2N1. The van der Waals surface area contributed by atoms with Gasteiger partial charge < -0.3 is 15.8 Å². The zero-order chi connectivity index (χ0) is 17.6. The van der Waals surface area contributed by atoms with Gasteiger partial charge in [0.25, 0.3) is 6.47 Å². The third kappa shape index (κ3) is 5.74. The molecule has 0 bridgehead atoms. The highest BCUT2D eigenvalue weighted by molar-refractivity contribution is 5.57. The largest absolute Gasteiger partial charge is 0.465 e. The Labute approximate surface area is 134 Å². The van der Waals surface area contributed by atoms with E-state index in [-0.39, 0.29) is 18.2 Å². The standard InChI is InChI=1S/C12H15F3N2.C4H8O2/c1-2-8-6-10(16)9-5-7(12(13,14)15)3-4-11(9)17-8;1-4(2)6-3-5/h3-5,8,10,17H,2,6,16H2,1H3;3-4H,1-2H3. The number of hydrogen-bond acceptors (Lipinski definition) is 4. The number of alkyl halides is 3. The second-order valence-electron chi connectivity index (χ2n) is 5.67. The number of nitrogens with two attached hydrogens (primary N) is 1. The molecule has 0 aliphatic carbocycles. The van der Waals surface area contributed by atoms with Gasteiger partial charge >= 0.3 is 6.18 Å². The maximum Gasteiger partial charge on any atom is 0.416 e. The van der Waals surface area contributed by atoms with E-state index in [9.17, 15) is 18.0 Å². The predicted octanol–water partition coefficient (Wildman–Crippen LogP) is 3.87. The minimum Gasteiger partial charge on any atom is -0.465 e. The van der Waals surface area contributed by atoms with Crippen molar-refractivity contribution in [3.63, 3.8) is 0 Å². The van der Waals surface area contributed by atoms with E-state index in [1.54, 1.807) is 13.8 Å². The molecule has 1 aromatic rings. The lowest BCUT2D eigenvalue weighted by atomic mass is 9.91. The van der Waals surface area contributed by atoms with E-state index < -0.39 is 11.7 Å². The van der Waals surface area contributed by atoms with Gasteiger partial charge in [0.15, 0.2) is 0 Å². The van der Waals surface area contributed by atoms with E-state index in [0.29, 0.717) is 18.5 Å². The molecule has 7 heteroatoms. The Bertz CT molecular complexity index is 519. The first-order valence-corrected chi connectivity index (χ1v) is 7.51. The van der Waals surface area contributed by atoms with Crippen molar-refractivity contribution in [1.29, 1.82) is 0 Å². The molecule has 0 amide bonds. The maximum absolute atomic E-state index is 12.6. The van der Waals surface area contributed by atoms with Crippen LogP contribution in [0.5, 0.6) is 0 Å². The molecule has 2 atom stereocenters. The Kier molecular flexibility index (Phi) is 6.87. The van der Waals surface area contributed by atoms with Crippen LogP contribution in [-0.2, 0) is 15.7 Å². The van der Waals surface area contributed by atoms with Crippen LogP contribution in [0.4, 0.5) is 18.9 Å². The lowest BCUT2D eigenvalue weighted by Gasteiger charge is -2.31. The van der Waals surface area contributed by atoms with Gasteiger partial charge in [-0.05, 0) is 50.5 Å². The molecule has 23 heavy (non-hydrogen) atoms. The van der Waals surface area contributed by atoms with E-state index >= 15 is 0 Å². The van der Waals surface area contributed by atoms with Crippen LogP contribution in [0.15, 0.2) is 18.2 Å². The normalized spacial score (nSPS) is 20.0. The summed E-state index contributed by atoms with van der Waals surface area (Å²) in [5, 5.41) is 3.21. The van der Waals surface area contributed by atoms with Gasteiger partial charge in [0.1, 0.15) is 0 Å². The smallest absolute Gasteiger partial charge is 0.416 e. The zero-order valence-electron chi connectivity index (χ0n) is 13.5. The van der Waals surface area contributed by atoms with Crippen molar-refractivity contribution in [3.8, 4) is 0 Å². The molecule has 0 aromatic heterocycles. The zero-order valence-corrected chi connectivity index (χ0v) is 13.5. The van der Waals surface area contributed by atoms with Gasteiger partial charge in [-0.2, -0.15) is 13.2 Å². The Balaban J connectivity index is 0.000000379. The number of nitrogens with one attached hydrogen (secondary N) is 1. The molecule has 4 nitrogen and oxygen atoms in total. The summed E-state index contributed by atoms with van der Waals surface area (Å²) < 4.78 is 42.1. The van der Waals surface area contributed by atoms with Gasteiger partial charge in [0.2, 0.25) is 0 Å². The molecule has 2 rings (SSSR count). The number of carbonyl (C=O) groups excluding carboxylic acids is 1. The number of rotatable bonds is 3. The van der Waals surface area contributed by atoms with Crippen LogP contribution in [0.1, 0.15) is 50.8 Å². The van der Waals surface area contributed by atoms with Crippen molar-refractivity contribution in [3.05, 3.63) is 29.3 Å². The van der Waals surface area contributed by atoms with Crippen LogP contribution >= 0.6 is 0 Å². The molecule has 0 fully saturated rings. The number of halogens is 3. The average Bonchev–Trinajstić information content (AvgIpc) is 2.46. The molecular formula is C16H23F3N2O2. The van der Waals surface area contributed by atoms with Crippen LogP contribution in [0.2, 0.25) is 0 Å². The molecule has 3 N–H and O–H groups in total. The van der Waals surface area contributed by atoms with Gasteiger partial charge in [-0.3, -0.25) is 4.79 Å². The number of benzene rings is 1. The molecule has 130 valence electrons. The highest BCUT2D eigenvalue weighted by Gasteiger charge is 2.32. The second-order valence-corrected chi connectivity index (χ2v) is 5.67. The second kappa shape index (κ2) is 8.19. The van der Waals surface area contributed by atoms with Crippen molar-refractivity contribution in [2.45, 2.75) is 58.0 Å². The fraction of sp³-hybridized carbons (Fsp3) is 0.562. The predicted molar refractivity (Wildman–Crippen MR) is 83.0 cm³/mol. The van der Waals surface area contributed by atoms with Crippen molar-refractivity contribution >= 4 is 12.2 Å². The fourth-order valence-electron chi connectivity index (χ4n) is 2.27. The molecule has 0 saturated heterocycles. The molecule has 0 saturated carbocycles. The molecule has 1 aromatic carbocycles. The molecule has 1 heterocycles. The molecule has 0 radical (unpaired) electrons. The Morgan fingerprint density at radius 3 is 2.52 bits per heavy atom. The summed E-state index contributed by atoms with van der Waals surface area (Å²) in [5.41, 5.74) is 6.57. The fourth-order valence-corrected chi connectivity index (χ4v) is 2.27. The summed E-state index contributed by atoms with van der Waals surface area (Å²) in [4.78, 5) is 9.39. The Morgan fingerprint density at radius 2 is 2.09 bits per heavy atom. The van der Waals surface area contributed by atoms with Crippen LogP contribution in [-0.4, -0.2) is 18.6 Å². The van der Waals surface area contributed by atoms with E-state index in [1.807, 2.05) is 6.92 Å². The summed E-state index contributed by atoms with van der Waals surface area (Å²) in [5.74, 6) is 0. The third-order valence-electron chi connectivity index (χ3n) is 3.50. The van der Waals surface area contributed by atoms with Crippen LogP contribution in [0.25, 0.3) is 0 Å². The first-order chi connectivity index (χ1) is 10.7. The van der Waals surface area contributed by atoms with Gasteiger partial charge in [-0.15, -0.1) is 0 Å². The van der Waals surface area contributed by atoms with Gasteiger partial charge in [0, 0.05) is 17.8 Å².